The van der Waals surface area contributed by atoms with Gasteiger partial charge in [-0.25, -0.2) is 0 Å². The zero-order valence-corrected chi connectivity index (χ0v) is 20.5. The van der Waals surface area contributed by atoms with Crippen LogP contribution in [0.1, 0.15) is 54.9 Å². The van der Waals surface area contributed by atoms with Gasteiger partial charge in [0.25, 0.3) is 16.1 Å². The smallest absolute Gasteiger partial charge is 0.279 e. The van der Waals surface area contributed by atoms with Gasteiger partial charge in [0.15, 0.2) is 0 Å². The zero-order valence-electron chi connectivity index (χ0n) is 19.7. The summed E-state index contributed by atoms with van der Waals surface area (Å²) in [6, 6.07) is 17.2. The lowest BCUT2D eigenvalue weighted by Gasteiger charge is -2.41. The highest BCUT2D eigenvalue weighted by Crippen LogP contribution is 2.39. The lowest BCUT2D eigenvalue weighted by Crippen LogP contribution is -2.49. The van der Waals surface area contributed by atoms with Gasteiger partial charge in [-0.1, -0.05) is 49.4 Å². The molecule has 0 unspecified atom stereocenters. The Morgan fingerprint density at radius 3 is 2.36 bits per heavy atom. The Labute approximate surface area is 197 Å². The van der Waals surface area contributed by atoms with Gasteiger partial charge in [-0.05, 0) is 49.8 Å². The second kappa shape index (κ2) is 11.1. The molecule has 2 aromatic rings. The Morgan fingerprint density at radius 2 is 1.73 bits per heavy atom. The fourth-order valence-electron chi connectivity index (χ4n) is 4.56. The van der Waals surface area contributed by atoms with Gasteiger partial charge >= 0.3 is 0 Å². The number of para-hydroxylation sites is 1. The van der Waals surface area contributed by atoms with Crippen LogP contribution in [0.2, 0.25) is 0 Å². The summed E-state index contributed by atoms with van der Waals surface area (Å²) in [5, 5.41) is 3.11. The summed E-state index contributed by atoms with van der Waals surface area (Å²) in [6.45, 7) is 2.92. The van der Waals surface area contributed by atoms with E-state index in [4.69, 9.17) is 4.74 Å². The number of nitrogens with zero attached hydrogens (tertiary/aromatic N) is 1. The Balaban J connectivity index is 1.73. The van der Waals surface area contributed by atoms with Crippen LogP contribution < -0.4 is 14.8 Å². The van der Waals surface area contributed by atoms with E-state index in [2.05, 4.69) is 22.2 Å². The number of nitrogens with one attached hydrogen (secondary N) is 2. The molecule has 180 valence electrons. The minimum Gasteiger partial charge on any atom is -0.496 e. The molecule has 7 nitrogen and oxygen atoms in total. The zero-order chi connectivity index (χ0) is 23.9. The number of carbonyl (C=O) groups is 1. The molecule has 3 rings (SSSR count). The highest BCUT2D eigenvalue weighted by molar-refractivity contribution is 7.87. The number of amides is 1. The molecule has 0 radical (unpaired) electrons. The van der Waals surface area contributed by atoms with Crippen molar-refractivity contribution >= 4 is 16.1 Å². The molecule has 1 aliphatic carbocycles. The van der Waals surface area contributed by atoms with Gasteiger partial charge in [0.05, 0.1) is 12.7 Å². The molecule has 8 heteroatoms. The molecule has 0 bridgehead atoms. The third kappa shape index (κ3) is 6.13. The number of ether oxygens (including phenoxy) is 1. The molecule has 0 heterocycles. The van der Waals surface area contributed by atoms with E-state index in [0.29, 0.717) is 37.2 Å². The van der Waals surface area contributed by atoms with E-state index in [1.807, 2.05) is 37.3 Å². The van der Waals surface area contributed by atoms with Gasteiger partial charge in [0, 0.05) is 31.6 Å². The SMILES string of the molecule is CCCN(C)S(=O)(=O)NC1CCC(CNC(=O)c2ccccc2OC)(c2ccccc2)CC1. The number of hydrogen-bond donors (Lipinski definition) is 2. The third-order valence-corrected chi connectivity index (χ3v) is 8.17. The van der Waals surface area contributed by atoms with E-state index in [1.54, 1.807) is 26.3 Å². The molecule has 0 aromatic heterocycles. The molecular formula is C25H35N3O4S. The van der Waals surface area contributed by atoms with Crippen molar-refractivity contribution in [2.24, 2.45) is 0 Å². The Hall–Kier alpha value is -2.42. The molecule has 2 N–H and O–H groups in total. The maximum Gasteiger partial charge on any atom is 0.279 e. The normalized spacial score (nSPS) is 21.0. The van der Waals surface area contributed by atoms with Crippen molar-refractivity contribution in [3.05, 3.63) is 65.7 Å². The number of hydrogen-bond acceptors (Lipinski definition) is 4. The summed E-state index contributed by atoms with van der Waals surface area (Å²) >= 11 is 0. The van der Waals surface area contributed by atoms with E-state index in [1.165, 1.54) is 4.31 Å². The van der Waals surface area contributed by atoms with Gasteiger partial charge in [0.1, 0.15) is 5.75 Å². The summed E-state index contributed by atoms with van der Waals surface area (Å²) in [4.78, 5) is 12.9. The first-order valence-corrected chi connectivity index (χ1v) is 13.0. The van der Waals surface area contributed by atoms with Crippen LogP contribution >= 0.6 is 0 Å². The summed E-state index contributed by atoms with van der Waals surface area (Å²) < 4.78 is 34.8. The second-order valence-corrected chi connectivity index (χ2v) is 10.6. The Bertz CT molecular complexity index is 1020. The highest BCUT2D eigenvalue weighted by atomic mass is 32.2. The Kier molecular flexibility index (Phi) is 8.51. The van der Waals surface area contributed by atoms with E-state index in [9.17, 15) is 13.2 Å². The summed E-state index contributed by atoms with van der Waals surface area (Å²) in [6.07, 6.45) is 3.73. The summed E-state index contributed by atoms with van der Waals surface area (Å²) in [5.74, 6) is 0.366. The molecule has 2 aromatic carbocycles. The minimum absolute atomic E-state index is 0.115. The lowest BCUT2D eigenvalue weighted by molar-refractivity contribution is 0.0932. The van der Waals surface area contributed by atoms with Crippen LogP contribution in [-0.4, -0.2) is 51.9 Å². The molecule has 33 heavy (non-hydrogen) atoms. The standard InChI is InChI=1S/C25H35N3O4S/c1-4-18-28(2)33(30,31)27-21-14-16-25(17-15-21,20-10-6-5-7-11-20)19-26-24(29)22-12-8-9-13-23(22)32-3/h5-13,21,27H,4,14-19H2,1-3H3,(H,26,29). The van der Waals surface area contributed by atoms with Crippen LogP contribution in [0.5, 0.6) is 5.75 Å². The molecule has 1 aliphatic rings. The van der Waals surface area contributed by atoms with Gasteiger partial charge in [-0.3, -0.25) is 4.79 Å². The van der Waals surface area contributed by atoms with Crippen molar-refractivity contribution in [2.75, 3.05) is 27.2 Å². The quantitative estimate of drug-likeness (QED) is 0.553. The summed E-state index contributed by atoms with van der Waals surface area (Å²) in [5.41, 5.74) is 1.41. The highest BCUT2D eigenvalue weighted by Gasteiger charge is 2.38. The number of carbonyl (C=O) groups excluding carboxylic acids is 1. The first-order chi connectivity index (χ1) is 15.8. The van der Waals surface area contributed by atoms with Crippen molar-refractivity contribution in [3.63, 3.8) is 0 Å². The molecule has 0 aliphatic heterocycles. The van der Waals surface area contributed by atoms with Crippen molar-refractivity contribution in [2.45, 2.75) is 50.5 Å². The summed E-state index contributed by atoms with van der Waals surface area (Å²) in [7, 11) is -0.333. The maximum absolute atomic E-state index is 12.9. The largest absolute Gasteiger partial charge is 0.496 e. The van der Waals surface area contributed by atoms with E-state index in [-0.39, 0.29) is 17.4 Å². The van der Waals surface area contributed by atoms with E-state index >= 15 is 0 Å². The van der Waals surface area contributed by atoms with Gasteiger partial charge in [-0.2, -0.15) is 17.4 Å². The van der Waals surface area contributed by atoms with Gasteiger partial charge in [0.2, 0.25) is 0 Å². The van der Waals surface area contributed by atoms with Crippen molar-refractivity contribution in [3.8, 4) is 5.75 Å². The number of benzene rings is 2. The molecule has 1 amide bonds. The average molecular weight is 474 g/mol. The molecule has 1 saturated carbocycles. The Morgan fingerprint density at radius 1 is 1.09 bits per heavy atom. The lowest BCUT2D eigenvalue weighted by atomic mass is 9.68. The predicted molar refractivity (Wildman–Crippen MR) is 131 cm³/mol. The van der Waals surface area contributed by atoms with Crippen LogP contribution in [0.25, 0.3) is 0 Å². The molecule has 0 atom stereocenters. The number of methoxy groups -OCH3 is 1. The van der Waals surface area contributed by atoms with Crippen LogP contribution in [0.15, 0.2) is 54.6 Å². The third-order valence-electron chi connectivity index (χ3n) is 6.53. The monoisotopic (exact) mass is 473 g/mol. The van der Waals surface area contributed by atoms with Gasteiger partial charge in [-0.15, -0.1) is 0 Å². The molecule has 1 fully saturated rings. The van der Waals surface area contributed by atoms with Gasteiger partial charge < -0.3 is 10.1 Å². The molecule has 0 saturated heterocycles. The van der Waals surface area contributed by atoms with Crippen LogP contribution in [0, 0.1) is 0 Å². The second-order valence-electron chi connectivity index (χ2n) is 8.75. The average Bonchev–Trinajstić information content (AvgIpc) is 2.84. The first-order valence-electron chi connectivity index (χ1n) is 11.5. The topological polar surface area (TPSA) is 87.7 Å². The van der Waals surface area contributed by atoms with E-state index < -0.39 is 10.2 Å². The molecular weight excluding hydrogens is 438 g/mol. The van der Waals surface area contributed by atoms with Crippen LogP contribution in [0.4, 0.5) is 0 Å². The minimum atomic E-state index is -3.49. The fraction of sp³-hybridized carbons (Fsp3) is 0.480. The number of rotatable bonds is 10. The van der Waals surface area contributed by atoms with Crippen molar-refractivity contribution in [1.82, 2.24) is 14.3 Å². The van der Waals surface area contributed by atoms with Crippen molar-refractivity contribution < 1.29 is 17.9 Å². The van der Waals surface area contributed by atoms with Crippen molar-refractivity contribution in [1.29, 1.82) is 0 Å². The maximum atomic E-state index is 12.9. The molecule has 0 spiro atoms. The van der Waals surface area contributed by atoms with E-state index in [0.717, 1.165) is 24.8 Å². The van der Waals surface area contributed by atoms with Crippen LogP contribution in [-0.2, 0) is 15.6 Å². The van der Waals surface area contributed by atoms with Crippen LogP contribution in [0.3, 0.4) is 0 Å². The predicted octanol–water partition coefficient (Wildman–Crippen LogP) is 3.48. The fourth-order valence-corrected chi connectivity index (χ4v) is 5.82. The first kappa shape index (κ1) is 25.2.